The van der Waals surface area contributed by atoms with E-state index in [2.05, 4.69) is 5.32 Å². The van der Waals surface area contributed by atoms with E-state index in [1.807, 2.05) is 0 Å². The van der Waals surface area contributed by atoms with Crippen molar-refractivity contribution in [2.45, 2.75) is 25.7 Å². The van der Waals surface area contributed by atoms with Gasteiger partial charge in [-0.3, -0.25) is 0 Å². The molecule has 0 spiro atoms. The van der Waals surface area contributed by atoms with Crippen LogP contribution in [-0.2, 0) is 13.2 Å². The van der Waals surface area contributed by atoms with Crippen molar-refractivity contribution in [1.82, 2.24) is 5.32 Å². The van der Waals surface area contributed by atoms with Crippen molar-refractivity contribution in [1.29, 1.82) is 0 Å². The zero-order valence-corrected chi connectivity index (χ0v) is 7.97. The van der Waals surface area contributed by atoms with Gasteiger partial charge in [0.15, 0.2) is 0 Å². The lowest BCUT2D eigenvalue weighted by atomic mass is 10.4. The number of hydrogen-bond donors (Lipinski definition) is 2. The molecule has 3 nitrogen and oxygen atoms in total. The van der Waals surface area contributed by atoms with Crippen LogP contribution in [0.5, 0.6) is 0 Å². The SMILES string of the molecule is OCc1ccc(CNCCC(F)(F)F)o1. The van der Waals surface area contributed by atoms with E-state index in [0.29, 0.717) is 11.5 Å². The summed E-state index contributed by atoms with van der Waals surface area (Å²) in [5.74, 6) is 0.920. The van der Waals surface area contributed by atoms with Crippen LogP contribution in [0, 0.1) is 0 Å². The van der Waals surface area contributed by atoms with Gasteiger partial charge in [-0.05, 0) is 12.1 Å². The van der Waals surface area contributed by atoms with Gasteiger partial charge in [0.05, 0.1) is 13.0 Å². The summed E-state index contributed by atoms with van der Waals surface area (Å²) in [6.07, 6.45) is -4.99. The van der Waals surface area contributed by atoms with Gasteiger partial charge >= 0.3 is 6.18 Å². The van der Waals surface area contributed by atoms with Crippen LogP contribution in [0.15, 0.2) is 16.5 Å². The molecule has 86 valence electrons. The Labute approximate surface area is 84.9 Å². The van der Waals surface area contributed by atoms with E-state index >= 15 is 0 Å². The summed E-state index contributed by atoms with van der Waals surface area (Å²) in [5.41, 5.74) is 0. The fraction of sp³-hybridized carbons (Fsp3) is 0.556. The molecule has 0 aliphatic carbocycles. The van der Waals surface area contributed by atoms with Crippen molar-refractivity contribution in [3.63, 3.8) is 0 Å². The molecule has 0 aromatic carbocycles. The van der Waals surface area contributed by atoms with Crippen molar-refractivity contribution >= 4 is 0 Å². The Hall–Kier alpha value is -1.01. The molecule has 0 aliphatic rings. The van der Waals surface area contributed by atoms with Crippen LogP contribution in [0.4, 0.5) is 13.2 Å². The van der Waals surface area contributed by atoms with Crippen LogP contribution < -0.4 is 5.32 Å². The number of nitrogens with one attached hydrogen (secondary N) is 1. The molecule has 0 bridgehead atoms. The van der Waals surface area contributed by atoms with E-state index in [-0.39, 0.29) is 19.7 Å². The number of rotatable bonds is 5. The number of furan rings is 1. The topological polar surface area (TPSA) is 45.4 Å². The zero-order valence-electron chi connectivity index (χ0n) is 7.97. The van der Waals surface area contributed by atoms with Gasteiger partial charge in [-0.1, -0.05) is 0 Å². The van der Waals surface area contributed by atoms with Crippen LogP contribution >= 0.6 is 0 Å². The Morgan fingerprint density at radius 2 is 1.93 bits per heavy atom. The van der Waals surface area contributed by atoms with Crippen LogP contribution in [0.1, 0.15) is 17.9 Å². The fourth-order valence-electron chi connectivity index (χ4n) is 1.04. The molecule has 6 heteroatoms. The molecule has 0 radical (unpaired) electrons. The maximum absolute atomic E-state index is 11.7. The zero-order chi connectivity index (χ0) is 11.3. The summed E-state index contributed by atoms with van der Waals surface area (Å²) in [6.45, 7) is -0.114. The van der Waals surface area contributed by atoms with Gasteiger partial charge < -0.3 is 14.8 Å². The monoisotopic (exact) mass is 223 g/mol. The Bertz CT molecular complexity index is 296. The summed E-state index contributed by atoms with van der Waals surface area (Å²) in [4.78, 5) is 0. The highest BCUT2D eigenvalue weighted by molar-refractivity contribution is 5.05. The Balaban J connectivity index is 2.20. The Morgan fingerprint density at radius 1 is 1.27 bits per heavy atom. The number of halogens is 3. The van der Waals surface area contributed by atoms with Gasteiger partial charge in [0, 0.05) is 6.54 Å². The molecule has 0 saturated carbocycles. The largest absolute Gasteiger partial charge is 0.462 e. The number of aliphatic hydroxyl groups is 1. The molecule has 0 saturated heterocycles. The minimum Gasteiger partial charge on any atom is -0.462 e. The van der Waals surface area contributed by atoms with Gasteiger partial charge in [0.2, 0.25) is 0 Å². The smallest absolute Gasteiger partial charge is 0.390 e. The standard InChI is InChI=1S/C9H12F3NO2/c10-9(11,12)3-4-13-5-7-1-2-8(6-14)15-7/h1-2,13-14H,3-6H2. The summed E-state index contributed by atoms with van der Waals surface area (Å²) in [7, 11) is 0. The van der Waals surface area contributed by atoms with Gasteiger partial charge in [-0.25, -0.2) is 0 Å². The summed E-state index contributed by atoms with van der Waals surface area (Å²) in [6, 6.07) is 3.20. The lowest BCUT2D eigenvalue weighted by molar-refractivity contribution is -0.133. The first-order valence-electron chi connectivity index (χ1n) is 4.47. The Kier molecular flexibility index (Phi) is 4.16. The highest BCUT2D eigenvalue weighted by atomic mass is 19.4. The summed E-state index contributed by atoms with van der Waals surface area (Å²) >= 11 is 0. The fourth-order valence-corrected chi connectivity index (χ4v) is 1.04. The summed E-state index contributed by atoms with van der Waals surface area (Å²) < 4.78 is 40.3. The molecule has 0 amide bonds. The average Bonchev–Trinajstić information content (AvgIpc) is 2.59. The van der Waals surface area contributed by atoms with Gasteiger partial charge in [-0.15, -0.1) is 0 Å². The molecule has 1 aromatic rings. The predicted octanol–water partition coefficient (Wildman–Crippen LogP) is 1.81. The van der Waals surface area contributed by atoms with E-state index in [4.69, 9.17) is 9.52 Å². The van der Waals surface area contributed by atoms with E-state index < -0.39 is 12.6 Å². The highest BCUT2D eigenvalue weighted by Gasteiger charge is 2.25. The lowest BCUT2D eigenvalue weighted by Gasteiger charge is -2.06. The summed E-state index contributed by atoms with van der Waals surface area (Å²) in [5, 5.41) is 11.3. The second-order valence-electron chi connectivity index (χ2n) is 3.07. The van der Waals surface area contributed by atoms with Crippen LogP contribution in [0.25, 0.3) is 0 Å². The quantitative estimate of drug-likeness (QED) is 0.748. The molecule has 0 aliphatic heterocycles. The van der Waals surface area contributed by atoms with Crippen LogP contribution in [0.3, 0.4) is 0 Å². The van der Waals surface area contributed by atoms with Crippen molar-refractivity contribution in [2.24, 2.45) is 0 Å². The molecule has 1 rings (SSSR count). The van der Waals surface area contributed by atoms with Gasteiger partial charge in [0.1, 0.15) is 18.1 Å². The lowest BCUT2D eigenvalue weighted by Crippen LogP contribution is -2.21. The third-order valence-electron chi connectivity index (χ3n) is 1.76. The van der Waals surface area contributed by atoms with Gasteiger partial charge in [0.25, 0.3) is 0 Å². The Morgan fingerprint density at radius 3 is 2.47 bits per heavy atom. The molecule has 1 heterocycles. The first kappa shape index (κ1) is 12.1. The van der Waals surface area contributed by atoms with E-state index in [0.717, 1.165) is 0 Å². The second-order valence-corrected chi connectivity index (χ2v) is 3.07. The molecule has 2 N–H and O–H groups in total. The number of aliphatic hydroxyl groups excluding tert-OH is 1. The average molecular weight is 223 g/mol. The van der Waals surface area contributed by atoms with E-state index in [9.17, 15) is 13.2 Å². The maximum atomic E-state index is 11.7. The molecule has 1 aromatic heterocycles. The molecule has 0 unspecified atom stereocenters. The molecule has 15 heavy (non-hydrogen) atoms. The third kappa shape index (κ3) is 4.85. The number of hydrogen-bond acceptors (Lipinski definition) is 3. The van der Waals surface area contributed by atoms with E-state index in [1.54, 1.807) is 12.1 Å². The van der Waals surface area contributed by atoms with Crippen molar-refractivity contribution < 1.29 is 22.7 Å². The third-order valence-corrected chi connectivity index (χ3v) is 1.76. The van der Waals surface area contributed by atoms with Crippen LogP contribution in [0.2, 0.25) is 0 Å². The van der Waals surface area contributed by atoms with Crippen LogP contribution in [-0.4, -0.2) is 17.8 Å². The van der Waals surface area contributed by atoms with Crippen molar-refractivity contribution in [3.8, 4) is 0 Å². The molecule has 0 fully saturated rings. The van der Waals surface area contributed by atoms with Gasteiger partial charge in [-0.2, -0.15) is 13.2 Å². The van der Waals surface area contributed by atoms with Crippen molar-refractivity contribution in [2.75, 3.05) is 6.54 Å². The highest BCUT2D eigenvalue weighted by Crippen LogP contribution is 2.18. The number of alkyl halides is 3. The molecule has 0 atom stereocenters. The minimum absolute atomic E-state index is 0.140. The van der Waals surface area contributed by atoms with Crippen molar-refractivity contribution in [3.05, 3.63) is 23.7 Å². The maximum Gasteiger partial charge on any atom is 0.390 e. The second kappa shape index (κ2) is 5.18. The predicted molar refractivity (Wildman–Crippen MR) is 47.0 cm³/mol. The first-order valence-corrected chi connectivity index (χ1v) is 4.47. The molecular weight excluding hydrogens is 211 g/mol. The first-order chi connectivity index (χ1) is 7.01. The van der Waals surface area contributed by atoms with E-state index in [1.165, 1.54) is 0 Å². The minimum atomic E-state index is -4.13. The normalized spacial score (nSPS) is 12.0. The molecular formula is C9H12F3NO2.